The Hall–Kier alpha value is -2.41. The van der Waals surface area contributed by atoms with Crippen molar-refractivity contribution in [2.45, 2.75) is 52.9 Å². The van der Waals surface area contributed by atoms with Crippen molar-refractivity contribution in [3.63, 3.8) is 0 Å². The van der Waals surface area contributed by atoms with E-state index in [1.807, 2.05) is 26.1 Å². The molecule has 26 heavy (non-hydrogen) atoms. The van der Waals surface area contributed by atoms with Crippen LogP contribution >= 0.6 is 0 Å². The van der Waals surface area contributed by atoms with Crippen molar-refractivity contribution in [3.05, 3.63) is 95.4 Å². The van der Waals surface area contributed by atoms with Crippen LogP contribution in [-0.2, 0) is 6.42 Å². The molecule has 0 N–H and O–H groups in total. The number of benzene rings is 1. The highest BCUT2D eigenvalue weighted by molar-refractivity contribution is 5.76. The molecule has 1 nitrogen and oxygen atoms in total. The van der Waals surface area contributed by atoms with Crippen LogP contribution in [0.1, 0.15) is 63.3 Å². The monoisotopic (exact) mass is 345 g/mol. The van der Waals surface area contributed by atoms with Crippen LogP contribution in [0.3, 0.4) is 0 Å². The van der Waals surface area contributed by atoms with Crippen LogP contribution in [0.15, 0.2) is 78.5 Å². The van der Waals surface area contributed by atoms with Crippen molar-refractivity contribution in [1.82, 2.24) is 4.98 Å². The minimum absolute atomic E-state index is 0.430. The quantitative estimate of drug-likeness (QED) is 0.507. The summed E-state index contributed by atoms with van der Waals surface area (Å²) in [5.74, 6) is 0.430. The lowest BCUT2D eigenvalue weighted by atomic mass is 9.95. The maximum atomic E-state index is 4.51. The van der Waals surface area contributed by atoms with Gasteiger partial charge in [-0.25, -0.2) is 0 Å². The van der Waals surface area contributed by atoms with Gasteiger partial charge in [-0.2, -0.15) is 0 Å². The van der Waals surface area contributed by atoms with Crippen molar-refractivity contribution < 1.29 is 0 Å². The van der Waals surface area contributed by atoms with Crippen LogP contribution < -0.4 is 0 Å². The van der Waals surface area contributed by atoms with Crippen molar-refractivity contribution in [3.8, 4) is 0 Å². The molecular weight excluding hydrogens is 314 g/mol. The lowest BCUT2D eigenvalue weighted by Gasteiger charge is -2.10. The second kappa shape index (κ2) is 10.6. The summed E-state index contributed by atoms with van der Waals surface area (Å²) < 4.78 is 0. The molecule has 1 unspecified atom stereocenters. The highest BCUT2D eigenvalue weighted by atomic mass is 14.7. The molecular formula is C25H31N. The molecule has 3 rings (SSSR count). The van der Waals surface area contributed by atoms with E-state index in [1.54, 1.807) is 0 Å². The zero-order valence-corrected chi connectivity index (χ0v) is 16.6. The highest BCUT2D eigenvalue weighted by Crippen LogP contribution is 2.40. The first kappa shape index (κ1) is 19.9. The van der Waals surface area contributed by atoms with Gasteiger partial charge in [0.15, 0.2) is 0 Å². The Bertz CT molecular complexity index is 766. The van der Waals surface area contributed by atoms with Gasteiger partial charge in [0.1, 0.15) is 0 Å². The first-order valence-electron chi connectivity index (χ1n) is 9.83. The van der Waals surface area contributed by atoms with E-state index < -0.39 is 0 Å². The largest absolute Gasteiger partial charge is 0.261 e. The fourth-order valence-corrected chi connectivity index (χ4v) is 3.50. The van der Waals surface area contributed by atoms with Gasteiger partial charge in [0, 0.05) is 24.2 Å². The number of allylic oxidation sites excluding steroid dienone is 6. The predicted octanol–water partition coefficient (Wildman–Crippen LogP) is 7.13. The lowest BCUT2D eigenvalue weighted by Crippen LogP contribution is -1.99. The summed E-state index contributed by atoms with van der Waals surface area (Å²) in [6.07, 6.45) is 14.1. The van der Waals surface area contributed by atoms with E-state index >= 15 is 0 Å². The van der Waals surface area contributed by atoms with Crippen molar-refractivity contribution in [2.24, 2.45) is 0 Å². The van der Waals surface area contributed by atoms with E-state index in [2.05, 4.69) is 79.5 Å². The average Bonchev–Trinajstić information content (AvgIpc) is 3.02. The van der Waals surface area contributed by atoms with Crippen LogP contribution in [0.5, 0.6) is 0 Å². The molecule has 1 aromatic heterocycles. The summed E-state index contributed by atoms with van der Waals surface area (Å²) in [4.78, 5) is 4.51. The van der Waals surface area contributed by atoms with Gasteiger partial charge < -0.3 is 0 Å². The van der Waals surface area contributed by atoms with Crippen molar-refractivity contribution in [1.29, 1.82) is 0 Å². The van der Waals surface area contributed by atoms with E-state index in [4.69, 9.17) is 0 Å². The molecule has 1 aliphatic rings. The molecule has 1 aromatic carbocycles. The third-order valence-electron chi connectivity index (χ3n) is 4.51. The molecule has 1 atom stereocenters. The molecule has 0 radical (unpaired) electrons. The average molecular weight is 346 g/mol. The molecule has 0 aliphatic heterocycles. The molecule has 1 aliphatic carbocycles. The number of nitrogens with zero attached hydrogens (tertiary/aromatic N) is 1. The summed E-state index contributed by atoms with van der Waals surface area (Å²) in [7, 11) is 0. The van der Waals surface area contributed by atoms with Crippen molar-refractivity contribution >= 4 is 5.57 Å². The SMILES string of the molecule is C/C=C\C(=C/CC)CC1=CC(Cc2ccccn2)c2ccccc21.CC. The topological polar surface area (TPSA) is 12.9 Å². The number of pyridine rings is 1. The Morgan fingerprint density at radius 3 is 2.54 bits per heavy atom. The molecule has 1 heteroatoms. The molecule has 0 saturated carbocycles. The normalized spacial score (nSPS) is 16.1. The highest BCUT2D eigenvalue weighted by Gasteiger charge is 2.23. The van der Waals surface area contributed by atoms with E-state index in [0.717, 1.165) is 25.0 Å². The fraction of sp³-hybridized carbons (Fsp3) is 0.320. The van der Waals surface area contributed by atoms with Gasteiger partial charge in [-0.05, 0) is 54.2 Å². The molecule has 2 aromatic rings. The van der Waals surface area contributed by atoms with Gasteiger partial charge in [0.05, 0.1) is 0 Å². The van der Waals surface area contributed by atoms with Gasteiger partial charge in [-0.3, -0.25) is 4.98 Å². The Kier molecular flexibility index (Phi) is 8.08. The van der Waals surface area contributed by atoms with Crippen molar-refractivity contribution in [2.75, 3.05) is 0 Å². The van der Waals surface area contributed by atoms with E-state index in [-0.39, 0.29) is 0 Å². The number of rotatable bonds is 6. The lowest BCUT2D eigenvalue weighted by molar-refractivity contribution is 0.821. The summed E-state index contributed by atoms with van der Waals surface area (Å²) >= 11 is 0. The third-order valence-corrected chi connectivity index (χ3v) is 4.51. The minimum atomic E-state index is 0.430. The second-order valence-corrected chi connectivity index (χ2v) is 6.27. The molecule has 0 saturated heterocycles. The van der Waals surface area contributed by atoms with Crippen LogP contribution in [0.4, 0.5) is 0 Å². The Labute approximate surface area is 159 Å². The van der Waals surface area contributed by atoms with Crippen LogP contribution in [-0.4, -0.2) is 4.98 Å². The van der Waals surface area contributed by atoms with Gasteiger partial charge >= 0.3 is 0 Å². The van der Waals surface area contributed by atoms with E-state index in [1.165, 1.54) is 22.3 Å². The fourth-order valence-electron chi connectivity index (χ4n) is 3.50. The second-order valence-electron chi connectivity index (χ2n) is 6.27. The van der Waals surface area contributed by atoms with E-state index in [0.29, 0.717) is 5.92 Å². The molecule has 1 heterocycles. The molecule has 0 amide bonds. The van der Waals surface area contributed by atoms with Gasteiger partial charge in [-0.15, -0.1) is 0 Å². The zero-order valence-electron chi connectivity index (χ0n) is 16.6. The standard InChI is InChI=1S/C23H25N.C2H6/c1-3-9-18(10-4-2)15-19-16-20(17-21-11-7-8-14-24-21)23-13-6-5-12-22(19)23;1-2/h3,5-14,16,20H,4,15,17H2,1-2H3;1-2H3/b9-3-,18-10+;. The molecule has 0 bridgehead atoms. The maximum Gasteiger partial charge on any atom is 0.0412 e. The van der Waals surface area contributed by atoms with Crippen LogP contribution in [0, 0.1) is 0 Å². The first-order valence-corrected chi connectivity index (χ1v) is 9.83. The van der Waals surface area contributed by atoms with Gasteiger partial charge in [0.25, 0.3) is 0 Å². The zero-order chi connectivity index (χ0) is 18.8. The number of hydrogen-bond acceptors (Lipinski definition) is 1. The summed E-state index contributed by atoms with van der Waals surface area (Å²) in [5.41, 5.74) is 6.86. The molecule has 0 fully saturated rings. The minimum Gasteiger partial charge on any atom is -0.261 e. The maximum absolute atomic E-state index is 4.51. The smallest absolute Gasteiger partial charge is 0.0412 e. The Morgan fingerprint density at radius 2 is 1.85 bits per heavy atom. The van der Waals surface area contributed by atoms with E-state index in [9.17, 15) is 0 Å². The number of aromatic nitrogens is 1. The number of fused-ring (bicyclic) bond motifs is 1. The predicted molar refractivity (Wildman–Crippen MR) is 114 cm³/mol. The Balaban J connectivity index is 0.00000117. The van der Waals surface area contributed by atoms with Crippen LogP contribution in [0.2, 0.25) is 0 Å². The Morgan fingerprint density at radius 1 is 1.08 bits per heavy atom. The first-order chi connectivity index (χ1) is 12.8. The van der Waals surface area contributed by atoms with Gasteiger partial charge in [0.2, 0.25) is 0 Å². The number of hydrogen-bond donors (Lipinski definition) is 0. The summed E-state index contributed by atoms with van der Waals surface area (Å²) in [5, 5.41) is 0. The summed E-state index contributed by atoms with van der Waals surface area (Å²) in [6, 6.07) is 15.0. The van der Waals surface area contributed by atoms with Gasteiger partial charge in [-0.1, -0.05) is 75.4 Å². The summed E-state index contributed by atoms with van der Waals surface area (Å²) in [6.45, 7) is 8.29. The molecule has 0 spiro atoms. The third kappa shape index (κ3) is 5.05. The molecule has 136 valence electrons. The van der Waals surface area contributed by atoms with Crippen LogP contribution in [0.25, 0.3) is 5.57 Å².